The number of para-hydroxylation sites is 2. The summed E-state index contributed by atoms with van der Waals surface area (Å²) >= 11 is 0. The van der Waals surface area contributed by atoms with Crippen LogP contribution in [0.15, 0.2) is 48.5 Å². The molecule has 1 aromatic heterocycles. The summed E-state index contributed by atoms with van der Waals surface area (Å²) in [7, 11) is 0. The molecule has 27 heavy (non-hydrogen) atoms. The monoisotopic (exact) mass is 366 g/mol. The number of imidazole rings is 1. The second-order valence-corrected chi connectivity index (χ2v) is 5.86. The highest BCUT2D eigenvalue weighted by molar-refractivity contribution is 5.99. The van der Waals surface area contributed by atoms with Gasteiger partial charge in [-0.05, 0) is 50.2 Å². The maximum absolute atomic E-state index is 12.2. The van der Waals surface area contributed by atoms with Crippen molar-refractivity contribution in [3.63, 3.8) is 0 Å². The number of nitrogens with zero attached hydrogens (tertiary/aromatic N) is 2. The lowest BCUT2D eigenvalue weighted by Crippen LogP contribution is -2.33. The highest BCUT2D eigenvalue weighted by Crippen LogP contribution is 2.19. The summed E-state index contributed by atoms with van der Waals surface area (Å²) < 4.78 is 7.26. The molecule has 140 valence electrons. The first-order valence-corrected chi connectivity index (χ1v) is 8.88. The molecule has 0 aliphatic rings. The van der Waals surface area contributed by atoms with Crippen LogP contribution in [0, 0.1) is 0 Å². The zero-order valence-electron chi connectivity index (χ0n) is 15.4. The molecular weight excluding hydrogens is 344 g/mol. The van der Waals surface area contributed by atoms with Gasteiger partial charge < -0.3 is 14.6 Å². The third-order valence-electron chi connectivity index (χ3n) is 4.06. The Morgan fingerprint density at radius 1 is 1.07 bits per heavy atom. The first-order chi connectivity index (χ1) is 13.1. The molecule has 0 aliphatic heterocycles. The number of fused-ring (bicyclic) bond motifs is 1. The van der Waals surface area contributed by atoms with Crippen LogP contribution in [0.3, 0.4) is 0 Å². The molecule has 0 radical (unpaired) electrons. The molecule has 0 unspecified atom stereocenters. The standard InChI is InChI=1S/C20H22N4O3/c1-3-24-17-8-6-5-7-16(17)22-20(24)23-18(25)13-21-19(26)14-9-11-15(12-10-14)27-4-2/h5-12H,3-4,13H2,1-2H3,(H,21,26)(H,22,23,25). The first-order valence-electron chi connectivity index (χ1n) is 8.88. The number of aryl methyl sites for hydroxylation is 1. The first kappa shape index (κ1) is 18.4. The zero-order valence-corrected chi connectivity index (χ0v) is 15.4. The average Bonchev–Trinajstić information content (AvgIpc) is 3.03. The molecule has 0 bridgehead atoms. The largest absolute Gasteiger partial charge is 0.494 e. The molecule has 3 aromatic rings. The van der Waals surface area contributed by atoms with E-state index in [9.17, 15) is 9.59 Å². The van der Waals surface area contributed by atoms with E-state index in [1.54, 1.807) is 24.3 Å². The molecule has 0 spiro atoms. The lowest BCUT2D eigenvalue weighted by atomic mass is 10.2. The summed E-state index contributed by atoms with van der Waals surface area (Å²) in [4.78, 5) is 28.9. The normalized spacial score (nSPS) is 10.6. The van der Waals surface area contributed by atoms with Gasteiger partial charge in [0.2, 0.25) is 11.9 Å². The number of hydrogen-bond donors (Lipinski definition) is 2. The fourth-order valence-electron chi connectivity index (χ4n) is 2.79. The summed E-state index contributed by atoms with van der Waals surface area (Å²) in [5.74, 6) is 0.515. The summed E-state index contributed by atoms with van der Waals surface area (Å²) in [5, 5.41) is 5.37. The number of carbonyl (C=O) groups excluding carboxylic acids is 2. The molecule has 0 aliphatic carbocycles. The molecule has 0 saturated heterocycles. The van der Waals surface area contributed by atoms with E-state index in [1.807, 2.05) is 42.7 Å². The minimum absolute atomic E-state index is 0.140. The Kier molecular flexibility index (Phi) is 5.71. The highest BCUT2D eigenvalue weighted by atomic mass is 16.5. The molecule has 3 rings (SSSR count). The SMILES string of the molecule is CCOc1ccc(C(=O)NCC(=O)Nc2nc3ccccc3n2CC)cc1. The van der Waals surface area contributed by atoms with Crippen LogP contribution in [0.2, 0.25) is 0 Å². The summed E-state index contributed by atoms with van der Waals surface area (Å²) in [6.07, 6.45) is 0. The Morgan fingerprint density at radius 2 is 1.81 bits per heavy atom. The van der Waals surface area contributed by atoms with Gasteiger partial charge in [0, 0.05) is 12.1 Å². The number of amides is 2. The lowest BCUT2D eigenvalue weighted by Gasteiger charge is -2.09. The molecule has 2 aromatic carbocycles. The van der Waals surface area contributed by atoms with Crippen LogP contribution in [0.25, 0.3) is 11.0 Å². The summed E-state index contributed by atoms with van der Waals surface area (Å²) in [6, 6.07) is 14.4. The van der Waals surface area contributed by atoms with Crippen molar-refractivity contribution >= 4 is 28.8 Å². The Bertz CT molecular complexity index is 948. The topological polar surface area (TPSA) is 85.2 Å². The van der Waals surface area contributed by atoms with Crippen molar-refractivity contribution in [2.75, 3.05) is 18.5 Å². The lowest BCUT2D eigenvalue weighted by molar-refractivity contribution is -0.115. The van der Waals surface area contributed by atoms with E-state index in [4.69, 9.17) is 4.74 Å². The molecule has 2 amide bonds. The van der Waals surface area contributed by atoms with Gasteiger partial charge in [-0.25, -0.2) is 4.98 Å². The molecule has 0 fully saturated rings. The van der Waals surface area contributed by atoms with Crippen molar-refractivity contribution in [3.8, 4) is 5.75 Å². The maximum Gasteiger partial charge on any atom is 0.251 e. The summed E-state index contributed by atoms with van der Waals surface area (Å²) in [6.45, 7) is 4.98. The Morgan fingerprint density at radius 3 is 2.52 bits per heavy atom. The smallest absolute Gasteiger partial charge is 0.251 e. The predicted molar refractivity (Wildman–Crippen MR) is 104 cm³/mol. The third-order valence-corrected chi connectivity index (χ3v) is 4.06. The van der Waals surface area contributed by atoms with Crippen molar-refractivity contribution in [3.05, 3.63) is 54.1 Å². The third kappa shape index (κ3) is 4.25. The van der Waals surface area contributed by atoms with Crippen LogP contribution < -0.4 is 15.4 Å². The maximum atomic E-state index is 12.2. The van der Waals surface area contributed by atoms with E-state index in [-0.39, 0.29) is 18.4 Å². The Balaban J connectivity index is 1.60. The minimum Gasteiger partial charge on any atom is -0.494 e. The number of aromatic nitrogens is 2. The molecule has 7 heteroatoms. The van der Waals surface area contributed by atoms with Crippen LogP contribution in [-0.2, 0) is 11.3 Å². The number of benzene rings is 2. The van der Waals surface area contributed by atoms with Gasteiger partial charge in [-0.15, -0.1) is 0 Å². The molecule has 2 N–H and O–H groups in total. The summed E-state index contributed by atoms with van der Waals surface area (Å²) in [5.41, 5.74) is 2.23. The predicted octanol–water partition coefficient (Wildman–Crippen LogP) is 2.82. The van der Waals surface area contributed by atoms with Crippen LogP contribution in [-0.4, -0.2) is 34.5 Å². The van der Waals surface area contributed by atoms with E-state index < -0.39 is 0 Å². The van der Waals surface area contributed by atoms with Gasteiger partial charge in [0.25, 0.3) is 5.91 Å². The fraction of sp³-hybridized carbons (Fsp3) is 0.250. The van der Waals surface area contributed by atoms with E-state index in [2.05, 4.69) is 15.6 Å². The quantitative estimate of drug-likeness (QED) is 0.673. The second kappa shape index (κ2) is 8.35. The van der Waals surface area contributed by atoms with Crippen molar-refractivity contribution in [1.29, 1.82) is 0 Å². The number of ether oxygens (including phenoxy) is 1. The van der Waals surface area contributed by atoms with Crippen molar-refractivity contribution in [2.24, 2.45) is 0 Å². The number of nitrogens with one attached hydrogen (secondary N) is 2. The minimum atomic E-state index is -0.334. The van der Waals surface area contributed by atoms with Gasteiger partial charge >= 0.3 is 0 Å². The van der Waals surface area contributed by atoms with E-state index in [0.717, 1.165) is 11.0 Å². The molecule has 1 heterocycles. The van der Waals surface area contributed by atoms with Crippen LogP contribution >= 0.6 is 0 Å². The molecule has 7 nitrogen and oxygen atoms in total. The number of anilines is 1. The Hall–Kier alpha value is -3.35. The van der Waals surface area contributed by atoms with Crippen LogP contribution in [0.1, 0.15) is 24.2 Å². The van der Waals surface area contributed by atoms with E-state index in [1.165, 1.54) is 0 Å². The van der Waals surface area contributed by atoms with Gasteiger partial charge in [-0.2, -0.15) is 0 Å². The van der Waals surface area contributed by atoms with E-state index >= 15 is 0 Å². The zero-order chi connectivity index (χ0) is 19.2. The highest BCUT2D eigenvalue weighted by Gasteiger charge is 2.13. The molecule has 0 atom stereocenters. The Labute approximate surface area is 157 Å². The van der Waals surface area contributed by atoms with Crippen molar-refractivity contribution in [2.45, 2.75) is 20.4 Å². The van der Waals surface area contributed by atoms with Gasteiger partial charge in [0.05, 0.1) is 24.2 Å². The van der Waals surface area contributed by atoms with Crippen LogP contribution in [0.4, 0.5) is 5.95 Å². The second-order valence-electron chi connectivity index (χ2n) is 5.86. The van der Waals surface area contributed by atoms with Crippen LogP contribution in [0.5, 0.6) is 5.75 Å². The number of carbonyl (C=O) groups is 2. The van der Waals surface area contributed by atoms with Gasteiger partial charge in [-0.3, -0.25) is 14.9 Å². The number of hydrogen-bond acceptors (Lipinski definition) is 4. The van der Waals surface area contributed by atoms with E-state index in [0.29, 0.717) is 30.4 Å². The molecular formula is C20H22N4O3. The van der Waals surface area contributed by atoms with Gasteiger partial charge in [-0.1, -0.05) is 12.1 Å². The van der Waals surface area contributed by atoms with Gasteiger partial charge in [0.15, 0.2) is 0 Å². The van der Waals surface area contributed by atoms with Crippen molar-refractivity contribution < 1.29 is 14.3 Å². The van der Waals surface area contributed by atoms with Crippen molar-refractivity contribution in [1.82, 2.24) is 14.9 Å². The average molecular weight is 366 g/mol. The fourth-order valence-corrected chi connectivity index (χ4v) is 2.79. The molecule has 0 saturated carbocycles. The van der Waals surface area contributed by atoms with Gasteiger partial charge in [0.1, 0.15) is 5.75 Å². The number of rotatable bonds is 7.